The molecule has 0 spiro atoms. The van der Waals surface area contributed by atoms with Gasteiger partial charge in [0.15, 0.2) is 0 Å². The van der Waals surface area contributed by atoms with E-state index in [4.69, 9.17) is 0 Å². The summed E-state index contributed by atoms with van der Waals surface area (Å²) < 4.78 is 0. The molecule has 14 heavy (non-hydrogen) atoms. The summed E-state index contributed by atoms with van der Waals surface area (Å²) in [5.41, 5.74) is 0. The number of carbonyl (C=O) groups excluding carboxylic acids is 1. The molecule has 3 unspecified atom stereocenters. The summed E-state index contributed by atoms with van der Waals surface area (Å²) in [5.74, 6) is 2.62. The average molecular weight is 193 g/mol. The first-order valence-corrected chi connectivity index (χ1v) is 6.02. The third-order valence-electron chi connectivity index (χ3n) is 4.47. The van der Waals surface area contributed by atoms with Crippen molar-refractivity contribution < 1.29 is 4.79 Å². The lowest BCUT2D eigenvalue weighted by molar-refractivity contribution is -0.134. The van der Waals surface area contributed by atoms with Gasteiger partial charge in [-0.1, -0.05) is 6.42 Å². The Balaban J connectivity index is 1.67. The molecule has 0 heterocycles. The molecule has 0 radical (unpaired) electrons. The topological polar surface area (TPSA) is 20.3 Å². The molecule has 1 amide bonds. The van der Waals surface area contributed by atoms with Crippen LogP contribution in [0.15, 0.2) is 0 Å². The van der Waals surface area contributed by atoms with E-state index < -0.39 is 0 Å². The summed E-state index contributed by atoms with van der Waals surface area (Å²) >= 11 is 0. The Labute approximate surface area is 85.7 Å². The Bertz CT molecular complexity index is 259. The predicted octanol–water partition coefficient (Wildman–Crippen LogP) is 2.04. The third kappa shape index (κ3) is 1.27. The summed E-state index contributed by atoms with van der Waals surface area (Å²) in [6.45, 7) is 0. The Morgan fingerprint density at radius 1 is 1.14 bits per heavy atom. The zero-order chi connectivity index (χ0) is 9.71. The molecule has 0 saturated heterocycles. The van der Waals surface area contributed by atoms with Crippen molar-refractivity contribution in [2.24, 2.45) is 17.8 Å². The Morgan fingerprint density at radius 2 is 1.93 bits per heavy atom. The molecule has 2 heteroatoms. The number of fused-ring (bicyclic) bond motifs is 2. The number of carbonyl (C=O) groups is 1. The molecular formula is C12H19NO. The number of hydrogen-bond acceptors (Lipinski definition) is 1. The molecule has 2 nitrogen and oxygen atoms in total. The van der Waals surface area contributed by atoms with Crippen LogP contribution in [0.5, 0.6) is 0 Å². The van der Waals surface area contributed by atoms with Gasteiger partial charge in [-0.15, -0.1) is 0 Å². The van der Waals surface area contributed by atoms with Crippen molar-refractivity contribution >= 4 is 5.91 Å². The molecule has 0 aromatic heterocycles. The van der Waals surface area contributed by atoms with Crippen molar-refractivity contribution in [1.29, 1.82) is 0 Å². The van der Waals surface area contributed by atoms with Gasteiger partial charge in [-0.25, -0.2) is 0 Å². The molecule has 0 aromatic rings. The number of rotatable bonds is 2. The van der Waals surface area contributed by atoms with E-state index in [1.807, 2.05) is 7.05 Å². The van der Waals surface area contributed by atoms with Crippen LogP contribution in [-0.2, 0) is 4.79 Å². The van der Waals surface area contributed by atoms with E-state index in [9.17, 15) is 4.79 Å². The van der Waals surface area contributed by atoms with Crippen LogP contribution in [-0.4, -0.2) is 23.9 Å². The molecule has 3 saturated carbocycles. The van der Waals surface area contributed by atoms with Crippen LogP contribution < -0.4 is 0 Å². The lowest BCUT2D eigenvalue weighted by Gasteiger charge is -2.31. The average Bonchev–Trinajstić information content (AvgIpc) is 2.84. The fourth-order valence-corrected chi connectivity index (χ4v) is 3.47. The lowest BCUT2D eigenvalue weighted by atomic mass is 9.94. The van der Waals surface area contributed by atoms with Crippen molar-refractivity contribution in [3.05, 3.63) is 0 Å². The maximum Gasteiger partial charge on any atom is 0.225 e. The summed E-state index contributed by atoms with van der Waals surface area (Å²) in [6, 6.07) is 0.599. The minimum atomic E-state index is 0.402. The first-order chi connectivity index (χ1) is 6.75. The molecule has 0 aromatic carbocycles. The van der Waals surface area contributed by atoms with Crippen LogP contribution in [0.3, 0.4) is 0 Å². The van der Waals surface area contributed by atoms with Gasteiger partial charge in [0.1, 0.15) is 0 Å². The molecule has 3 aliphatic rings. The van der Waals surface area contributed by atoms with E-state index in [1.54, 1.807) is 0 Å². The number of hydrogen-bond donors (Lipinski definition) is 0. The van der Waals surface area contributed by atoms with E-state index in [0.717, 1.165) is 24.7 Å². The van der Waals surface area contributed by atoms with Crippen LogP contribution in [0.4, 0.5) is 0 Å². The summed E-state index contributed by atoms with van der Waals surface area (Å²) in [6.07, 6.45) is 7.77. The molecule has 3 fully saturated rings. The first-order valence-electron chi connectivity index (χ1n) is 6.02. The first kappa shape index (κ1) is 8.75. The molecule has 0 N–H and O–H groups in total. The highest BCUT2D eigenvalue weighted by Gasteiger charge is 2.44. The lowest BCUT2D eigenvalue weighted by Crippen LogP contribution is -2.41. The van der Waals surface area contributed by atoms with E-state index in [1.165, 1.54) is 25.7 Å². The number of nitrogens with zero attached hydrogens (tertiary/aromatic N) is 1. The standard InChI is InChI=1S/C12H19NO/c1-13(12(14)9-4-5-9)11-7-8-2-3-10(11)6-8/h8-11H,2-7H2,1H3. The fraction of sp³-hybridized carbons (Fsp3) is 0.917. The Kier molecular flexibility index (Phi) is 1.86. The highest BCUT2D eigenvalue weighted by atomic mass is 16.2. The van der Waals surface area contributed by atoms with E-state index in [0.29, 0.717) is 17.9 Å². The van der Waals surface area contributed by atoms with Crippen molar-refractivity contribution in [3.63, 3.8) is 0 Å². The van der Waals surface area contributed by atoms with Gasteiger partial charge in [0.05, 0.1) is 0 Å². The summed E-state index contributed by atoms with van der Waals surface area (Å²) in [7, 11) is 2.03. The van der Waals surface area contributed by atoms with Gasteiger partial charge in [-0.2, -0.15) is 0 Å². The van der Waals surface area contributed by atoms with E-state index in [-0.39, 0.29) is 0 Å². The Morgan fingerprint density at radius 3 is 2.43 bits per heavy atom. The van der Waals surface area contributed by atoms with Gasteiger partial charge in [0.25, 0.3) is 0 Å². The molecule has 3 aliphatic carbocycles. The quantitative estimate of drug-likeness (QED) is 0.657. The van der Waals surface area contributed by atoms with Crippen molar-refractivity contribution in [3.8, 4) is 0 Å². The second-order valence-electron chi connectivity index (χ2n) is 5.47. The second-order valence-corrected chi connectivity index (χ2v) is 5.47. The van der Waals surface area contributed by atoms with Gasteiger partial charge in [-0.3, -0.25) is 4.79 Å². The van der Waals surface area contributed by atoms with Gasteiger partial charge in [0, 0.05) is 19.0 Å². The highest BCUT2D eigenvalue weighted by molar-refractivity contribution is 5.81. The van der Waals surface area contributed by atoms with Crippen molar-refractivity contribution in [2.45, 2.75) is 44.6 Å². The van der Waals surface area contributed by atoms with Crippen molar-refractivity contribution in [2.75, 3.05) is 7.05 Å². The van der Waals surface area contributed by atoms with Crippen LogP contribution >= 0.6 is 0 Å². The normalized spacial score (nSPS) is 40.2. The van der Waals surface area contributed by atoms with Gasteiger partial charge >= 0.3 is 0 Å². The Hall–Kier alpha value is -0.530. The monoisotopic (exact) mass is 193 g/mol. The van der Waals surface area contributed by atoms with E-state index >= 15 is 0 Å². The molecule has 78 valence electrons. The number of amides is 1. The minimum absolute atomic E-state index is 0.402. The van der Waals surface area contributed by atoms with Crippen LogP contribution in [0.1, 0.15) is 38.5 Å². The van der Waals surface area contributed by atoms with E-state index in [2.05, 4.69) is 4.90 Å². The summed E-state index contributed by atoms with van der Waals surface area (Å²) in [5, 5.41) is 0. The summed E-state index contributed by atoms with van der Waals surface area (Å²) in [4.78, 5) is 14.0. The predicted molar refractivity (Wildman–Crippen MR) is 54.7 cm³/mol. The highest BCUT2D eigenvalue weighted by Crippen LogP contribution is 2.47. The zero-order valence-corrected chi connectivity index (χ0v) is 8.91. The molecule has 2 bridgehead atoms. The van der Waals surface area contributed by atoms with Crippen LogP contribution in [0.25, 0.3) is 0 Å². The largest absolute Gasteiger partial charge is 0.342 e. The van der Waals surface area contributed by atoms with Gasteiger partial charge in [0.2, 0.25) is 5.91 Å². The molecular weight excluding hydrogens is 174 g/mol. The molecule has 3 atom stereocenters. The fourth-order valence-electron chi connectivity index (χ4n) is 3.47. The third-order valence-corrected chi connectivity index (χ3v) is 4.47. The minimum Gasteiger partial charge on any atom is -0.342 e. The van der Waals surface area contributed by atoms with Crippen LogP contribution in [0.2, 0.25) is 0 Å². The zero-order valence-electron chi connectivity index (χ0n) is 8.91. The van der Waals surface area contributed by atoms with Gasteiger partial charge in [-0.05, 0) is 43.9 Å². The second kappa shape index (κ2) is 2.98. The van der Waals surface area contributed by atoms with Gasteiger partial charge < -0.3 is 4.90 Å². The molecule has 0 aliphatic heterocycles. The SMILES string of the molecule is CN(C(=O)C1CC1)C1CC2CCC1C2. The maximum atomic E-state index is 11.9. The molecule has 3 rings (SSSR count). The smallest absolute Gasteiger partial charge is 0.225 e. The van der Waals surface area contributed by atoms with Crippen molar-refractivity contribution in [1.82, 2.24) is 4.90 Å². The van der Waals surface area contributed by atoms with Crippen LogP contribution in [0, 0.1) is 17.8 Å². The maximum absolute atomic E-state index is 11.9.